The summed E-state index contributed by atoms with van der Waals surface area (Å²) in [5.74, 6) is 0. The van der Waals surface area contributed by atoms with E-state index >= 15 is 0 Å². The molecule has 0 aliphatic carbocycles. The van der Waals surface area contributed by atoms with E-state index in [1.54, 1.807) is 0 Å². The molecule has 2 heterocycles. The molecule has 0 saturated heterocycles. The molecule has 0 aromatic heterocycles. The molecular weight excluding hydrogens is 364 g/mol. The lowest BCUT2D eigenvalue weighted by atomic mass is 10.0. The normalized spacial score (nSPS) is 15.4. The molecule has 2 nitrogen and oxygen atoms in total. The Morgan fingerprint density at radius 2 is 0.900 bits per heavy atom. The molecule has 0 fully saturated rings. The van der Waals surface area contributed by atoms with Crippen LogP contribution in [0, 0.1) is 0 Å². The van der Waals surface area contributed by atoms with Crippen LogP contribution < -0.4 is 9.80 Å². The van der Waals surface area contributed by atoms with Crippen molar-refractivity contribution in [3.05, 3.63) is 120 Å². The summed E-state index contributed by atoms with van der Waals surface area (Å²) in [6, 6.07) is 17.3. The summed E-state index contributed by atoms with van der Waals surface area (Å²) in [5.41, 5.74) is 7.78. The van der Waals surface area contributed by atoms with Crippen LogP contribution in [0.25, 0.3) is 0 Å². The maximum Gasteiger partial charge on any atom is 0.0481 e. The van der Waals surface area contributed by atoms with E-state index in [1.807, 2.05) is 0 Å². The molecule has 0 bridgehead atoms. The predicted molar refractivity (Wildman–Crippen MR) is 129 cm³/mol. The van der Waals surface area contributed by atoms with Gasteiger partial charge >= 0.3 is 0 Å². The molecule has 2 aromatic rings. The quantitative estimate of drug-likeness (QED) is 0.508. The fourth-order valence-electron chi connectivity index (χ4n) is 4.05. The Morgan fingerprint density at radius 1 is 0.533 bits per heavy atom. The Bertz CT molecular complexity index is 921. The van der Waals surface area contributed by atoms with Crippen LogP contribution in [0.2, 0.25) is 0 Å². The first kappa shape index (κ1) is 20.0. The minimum Gasteiger partial charge on any atom is -0.324 e. The lowest BCUT2D eigenvalue weighted by molar-refractivity contribution is 0.918. The first-order valence-corrected chi connectivity index (χ1v) is 11.0. The van der Waals surface area contributed by atoms with Crippen molar-refractivity contribution in [2.24, 2.45) is 0 Å². The number of para-hydroxylation sites is 2. The van der Waals surface area contributed by atoms with Crippen LogP contribution >= 0.6 is 0 Å². The van der Waals surface area contributed by atoms with Gasteiger partial charge in [0.25, 0.3) is 0 Å². The first-order valence-electron chi connectivity index (χ1n) is 11.0. The van der Waals surface area contributed by atoms with Crippen molar-refractivity contribution in [2.45, 2.75) is 39.5 Å². The molecule has 0 unspecified atom stereocenters. The number of aryl methyl sites for hydroxylation is 2. The van der Waals surface area contributed by atoms with Gasteiger partial charge in [0.15, 0.2) is 0 Å². The Morgan fingerprint density at radius 3 is 1.27 bits per heavy atom. The largest absolute Gasteiger partial charge is 0.324 e. The summed E-state index contributed by atoms with van der Waals surface area (Å²) >= 11 is 0. The van der Waals surface area contributed by atoms with Gasteiger partial charge in [-0.05, 0) is 71.6 Å². The summed E-state index contributed by atoms with van der Waals surface area (Å²) in [6.07, 6.45) is 22.0. The Kier molecular flexibility index (Phi) is 6.34. The monoisotopic (exact) mass is 394 g/mol. The standard InChI is InChI=1S/C28H30N2/c1-3-9-25-11-5-7-13-27(25)29-19-15-23(16-20-29)24-17-21-30(22-18-24)28-14-8-6-12-26(28)10-4-2/h5-8,11-22H,3-4,9-10H2,1-2H3. The molecule has 2 aliphatic heterocycles. The SMILES string of the molecule is CCCc1ccccc1N1C=CC(=C2C=CN(c3ccccc3CCC)C=C2)C=C1. The molecule has 2 aromatic carbocycles. The fourth-order valence-corrected chi connectivity index (χ4v) is 4.05. The summed E-state index contributed by atoms with van der Waals surface area (Å²) in [6.45, 7) is 4.46. The first-order chi connectivity index (χ1) is 14.8. The summed E-state index contributed by atoms with van der Waals surface area (Å²) in [7, 11) is 0. The van der Waals surface area contributed by atoms with Crippen LogP contribution in [0.3, 0.4) is 0 Å². The summed E-state index contributed by atoms with van der Waals surface area (Å²) < 4.78 is 0. The maximum atomic E-state index is 2.23. The van der Waals surface area contributed by atoms with Crippen LogP contribution in [0.1, 0.15) is 37.8 Å². The van der Waals surface area contributed by atoms with Gasteiger partial charge in [-0.2, -0.15) is 0 Å². The van der Waals surface area contributed by atoms with Gasteiger partial charge in [-0.25, -0.2) is 0 Å². The van der Waals surface area contributed by atoms with E-state index in [2.05, 4.69) is 121 Å². The molecule has 4 rings (SSSR count). The second kappa shape index (κ2) is 9.49. The number of allylic oxidation sites excluding steroid dienone is 6. The molecule has 2 heteroatoms. The fraction of sp³-hybridized carbons (Fsp3) is 0.214. The number of nitrogens with zero attached hydrogens (tertiary/aromatic N) is 2. The third-order valence-corrected chi connectivity index (χ3v) is 5.57. The van der Waals surface area contributed by atoms with Crippen molar-refractivity contribution in [3.8, 4) is 0 Å². The third-order valence-electron chi connectivity index (χ3n) is 5.57. The molecule has 0 radical (unpaired) electrons. The van der Waals surface area contributed by atoms with Crippen molar-refractivity contribution in [1.82, 2.24) is 0 Å². The zero-order valence-corrected chi connectivity index (χ0v) is 18.0. The zero-order valence-electron chi connectivity index (χ0n) is 18.0. The highest BCUT2D eigenvalue weighted by Crippen LogP contribution is 2.29. The highest BCUT2D eigenvalue weighted by molar-refractivity contribution is 5.65. The third kappa shape index (κ3) is 4.33. The molecule has 0 saturated carbocycles. The molecule has 152 valence electrons. The number of rotatable bonds is 6. The van der Waals surface area contributed by atoms with Crippen LogP contribution in [0.15, 0.2) is 109 Å². The van der Waals surface area contributed by atoms with Crippen LogP contribution in [-0.2, 0) is 12.8 Å². The second-order valence-corrected chi connectivity index (χ2v) is 7.75. The minimum atomic E-state index is 1.10. The molecule has 0 N–H and O–H groups in total. The van der Waals surface area contributed by atoms with Gasteiger partial charge in [-0.3, -0.25) is 0 Å². The van der Waals surface area contributed by atoms with E-state index in [1.165, 1.54) is 33.6 Å². The van der Waals surface area contributed by atoms with Crippen molar-refractivity contribution < 1.29 is 0 Å². The van der Waals surface area contributed by atoms with E-state index in [-0.39, 0.29) is 0 Å². The average molecular weight is 395 g/mol. The van der Waals surface area contributed by atoms with Crippen molar-refractivity contribution in [1.29, 1.82) is 0 Å². The van der Waals surface area contributed by atoms with Gasteiger partial charge in [0.05, 0.1) is 0 Å². The van der Waals surface area contributed by atoms with Gasteiger partial charge in [-0.15, -0.1) is 0 Å². The van der Waals surface area contributed by atoms with E-state index in [4.69, 9.17) is 0 Å². The number of benzene rings is 2. The Balaban J connectivity index is 1.51. The highest BCUT2D eigenvalue weighted by Gasteiger charge is 2.12. The van der Waals surface area contributed by atoms with Gasteiger partial charge in [0.1, 0.15) is 0 Å². The topological polar surface area (TPSA) is 6.48 Å². The molecule has 2 aliphatic rings. The van der Waals surface area contributed by atoms with Gasteiger partial charge in [0, 0.05) is 36.2 Å². The van der Waals surface area contributed by atoms with Gasteiger partial charge in [0.2, 0.25) is 0 Å². The zero-order chi connectivity index (χ0) is 20.8. The molecule has 30 heavy (non-hydrogen) atoms. The van der Waals surface area contributed by atoms with Crippen molar-refractivity contribution in [3.63, 3.8) is 0 Å². The van der Waals surface area contributed by atoms with Gasteiger partial charge in [-0.1, -0.05) is 63.1 Å². The van der Waals surface area contributed by atoms with Crippen LogP contribution in [0.5, 0.6) is 0 Å². The number of hydrogen-bond acceptors (Lipinski definition) is 2. The Hall–Kier alpha value is -3.26. The molecular formula is C28H30N2. The highest BCUT2D eigenvalue weighted by atomic mass is 15.1. The lowest BCUT2D eigenvalue weighted by Crippen LogP contribution is -2.14. The number of hydrogen-bond donors (Lipinski definition) is 0. The Labute approximate surface area is 180 Å². The summed E-state index contributed by atoms with van der Waals surface area (Å²) in [4.78, 5) is 4.44. The summed E-state index contributed by atoms with van der Waals surface area (Å²) in [5, 5.41) is 0. The average Bonchev–Trinajstić information content (AvgIpc) is 2.81. The molecule has 0 spiro atoms. The van der Waals surface area contributed by atoms with Crippen molar-refractivity contribution >= 4 is 11.4 Å². The predicted octanol–water partition coefficient (Wildman–Crippen LogP) is 7.28. The minimum absolute atomic E-state index is 1.10. The smallest absolute Gasteiger partial charge is 0.0481 e. The molecule has 0 amide bonds. The van der Waals surface area contributed by atoms with E-state index in [9.17, 15) is 0 Å². The molecule has 0 atom stereocenters. The maximum absolute atomic E-state index is 2.23. The number of anilines is 2. The van der Waals surface area contributed by atoms with Crippen LogP contribution in [-0.4, -0.2) is 0 Å². The van der Waals surface area contributed by atoms with E-state index in [0.29, 0.717) is 0 Å². The van der Waals surface area contributed by atoms with Gasteiger partial charge < -0.3 is 9.80 Å². The van der Waals surface area contributed by atoms with Crippen molar-refractivity contribution in [2.75, 3.05) is 9.80 Å². The van der Waals surface area contributed by atoms with E-state index < -0.39 is 0 Å². The second-order valence-electron chi connectivity index (χ2n) is 7.75. The lowest BCUT2D eigenvalue weighted by Gasteiger charge is -2.24. The van der Waals surface area contributed by atoms with Crippen LogP contribution in [0.4, 0.5) is 11.4 Å². The van der Waals surface area contributed by atoms with E-state index in [0.717, 1.165) is 25.7 Å².